The zero-order valence-corrected chi connectivity index (χ0v) is 20.0. The van der Waals surface area contributed by atoms with E-state index in [1.165, 1.54) is 5.57 Å². The van der Waals surface area contributed by atoms with Crippen LogP contribution in [0, 0.1) is 40.4 Å². The zero-order chi connectivity index (χ0) is 22.7. The highest BCUT2D eigenvalue weighted by molar-refractivity contribution is 6.01. The number of ether oxygens (including phenoxy) is 1. The van der Waals surface area contributed by atoms with Crippen LogP contribution in [0.4, 0.5) is 0 Å². The van der Waals surface area contributed by atoms with Crippen molar-refractivity contribution in [2.45, 2.75) is 66.7 Å². The Bertz CT molecular complexity index is 693. The van der Waals surface area contributed by atoms with E-state index < -0.39 is 0 Å². The highest BCUT2D eigenvalue weighted by Gasteiger charge is 2.60. The lowest BCUT2D eigenvalue weighted by atomic mass is 9.46. The fraction of sp³-hybridized carbons (Fsp3) is 0.769. The second kappa shape index (κ2) is 9.91. The second-order valence-corrected chi connectivity index (χ2v) is 9.84. The second-order valence-electron chi connectivity index (χ2n) is 9.84. The monoisotopic (exact) mass is 418 g/mol. The van der Waals surface area contributed by atoms with Crippen molar-refractivity contribution in [1.82, 2.24) is 0 Å². The third-order valence-electron chi connectivity index (χ3n) is 8.42. The zero-order valence-electron chi connectivity index (χ0n) is 20.0. The van der Waals surface area contributed by atoms with E-state index in [0.717, 1.165) is 32.1 Å². The van der Waals surface area contributed by atoms with Crippen molar-refractivity contribution in [1.29, 1.82) is 0 Å². The minimum absolute atomic E-state index is 0.00333. The maximum atomic E-state index is 12.3. The van der Waals surface area contributed by atoms with Gasteiger partial charge in [0.15, 0.2) is 11.6 Å². The molecule has 0 spiro atoms. The minimum Gasteiger partial charge on any atom is -0.389 e. The van der Waals surface area contributed by atoms with E-state index in [0.29, 0.717) is 23.7 Å². The first-order chi connectivity index (χ1) is 14.2. The van der Waals surface area contributed by atoms with Gasteiger partial charge in [-0.25, -0.2) is 0 Å². The molecule has 30 heavy (non-hydrogen) atoms. The van der Waals surface area contributed by atoms with Gasteiger partial charge in [-0.15, -0.1) is 0 Å². The number of ketones is 2. The fourth-order valence-electron chi connectivity index (χ4n) is 7.25. The van der Waals surface area contributed by atoms with E-state index in [1.807, 2.05) is 19.9 Å². The Kier molecular flexibility index (Phi) is 8.26. The average molecular weight is 419 g/mol. The number of hydrogen-bond acceptors (Lipinski definition) is 4. The van der Waals surface area contributed by atoms with Crippen molar-refractivity contribution in [3.63, 3.8) is 0 Å². The summed E-state index contributed by atoms with van der Waals surface area (Å²) in [7, 11) is 3.25. The first kappa shape index (κ1) is 25.0. The van der Waals surface area contributed by atoms with Crippen LogP contribution in [0.15, 0.2) is 23.8 Å². The highest BCUT2D eigenvalue weighted by atomic mass is 16.4. The van der Waals surface area contributed by atoms with E-state index in [-0.39, 0.29) is 34.9 Å². The van der Waals surface area contributed by atoms with Crippen LogP contribution in [0.5, 0.6) is 0 Å². The van der Waals surface area contributed by atoms with Gasteiger partial charge in [0.05, 0.1) is 0 Å². The number of methoxy groups -OCH3 is 1. The van der Waals surface area contributed by atoms with E-state index in [2.05, 4.69) is 31.6 Å². The fourth-order valence-corrected chi connectivity index (χ4v) is 7.25. The van der Waals surface area contributed by atoms with E-state index >= 15 is 0 Å². The minimum atomic E-state index is -0.313. The van der Waals surface area contributed by atoms with Crippen LogP contribution in [0.1, 0.15) is 66.7 Å². The summed E-state index contributed by atoms with van der Waals surface area (Å²) in [6.45, 7) is 10.6. The summed E-state index contributed by atoms with van der Waals surface area (Å²) < 4.78 is 4.25. The lowest BCUT2D eigenvalue weighted by Crippen LogP contribution is -2.52. The predicted octanol–water partition coefficient (Wildman–Crippen LogP) is 5.01. The lowest BCUT2D eigenvalue weighted by Gasteiger charge is -2.58. The molecule has 0 radical (unpaired) electrons. The van der Waals surface area contributed by atoms with Gasteiger partial charge in [-0.05, 0) is 73.3 Å². The molecule has 4 nitrogen and oxygen atoms in total. The summed E-state index contributed by atoms with van der Waals surface area (Å²) in [6, 6.07) is 0. The van der Waals surface area contributed by atoms with Crippen LogP contribution >= 0.6 is 0 Å². The van der Waals surface area contributed by atoms with Crippen LogP contribution < -0.4 is 0 Å². The Morgan fingerprint density at radius 2 is 1.80 bits per heavy atom. The molecule has 3 saturated carbocycles. The number of rotatable bonds is 2. The van der Waals surface area contributed by atoms with Crippen LogP contribution in [0.3, 0.4) is 0 Å². The molecule has 0 aromatic carbocycles. The van der Waals surface area contributed by atoms with Crippen molar-refractivity contribution in [2.24, 2.45) is 40.4 Å². The summed E-state index contributed by atoms with van der Waals surface area (Å²) in [5.41, 5.74) is 1.37. The van der Waals surface area contributed by atoms with Gasteiger partial charge in [-0.3, -0.25) is 9.59 Å². The molecule has 3 fully saturated rings. The van der Waals surface area contributed by atoms with Gasteiger partial charge < -0.3 is 9.84 Å². The molecule has 0 bridgehead atoms. The molecule has 0 aromatic rings. The van der Waals surface area contributed by atoms with Gasteiger partial charge in [-0.1, -0.05) is 46.3 Å². The van der Waals surface area contributed by atoms with Gasteiger partial charge in [0.2, 0.25) is 0 Å². The molecule has 4 rings (SSSR count). The van der Waals surface area contributed by atoms with Gasteiger partial charge in [0.1, 0.15) is 6.61 Å². The quantitative estimate of drug-likeness (QED) is 0.685. The summed E-state index contributed by atoms with van der Waals surface area (Å²) in [6.07, 6.45) is 11.2. The van der Waals surface area contributed by atoms with Crippen molar-refractivity contribution in [3.8, 4) is 0 Å². The number of allylic oxidation sites excluding steroid dienone is 4. The number of fused-ring (bicyclic) bond motifs is 5. The first-order valence-corrected chi connectivity index (χ1v) is 11.7. The van der Waals surface area contributed by atoms with Crippen LogP contribution in [0.2, 0.25) is 0 Å². The molecule has 0 aliphatic heterocycles. The average Bonchev–Trinajstić information content (AvgIpc) is 3.08. The van der Waals surface area contributed by atoms with Crippen molar-refractivity contribution < 1.29 is 19.4 Å². The largest absolute Gasteiger partial charge is 0.389 e. The maximum absolute atomic E-state index is 12.3. The van der Waals surface area contributed by atoms with Gasteiger partial charge in [-0.2, -0.15) is 0 Å². The Morgan fingerprint density at radius 3 is 2.40 bits per heavy atom. The maximum Gasteiger partial charge on any atom is 0.178 e. The summed E-state index contributed by atoms with van der Waals surface area (Å²) in [4.78, 5) is 24.2. The topological polar surface area (TPSA) is 63.6 Å². The standard InChI is InChI=1S/C22H30O3.C2H6O.C2H6/c1-13-10-15-16-4-5-18(20(25)12-23)21(16,2)9-7-17(15)22(3)8-6-14(24)11-19(13)22;1-3-2;1-2/h6,8,11,13,15-18,23H,4-5,7,9-10,12H2,1-3H3;1-2H3;1-2H3/t13-,15?,16?,17-,18?,21?,22?;;/m0../s1. The normalized spacial score (nSPS) is 41.1. The van der Waals surface area contributed by atoms with E-state index in [4.69, 9.17) is 0 Å². The van der Waals surface area contributed by atoms with Gasteiger partial charge in [0.25, 0.3) is 0 Å². The number of Topliss-reactive ketones (excluding diaryl/α,β-unsaturated/α-hetero) is 1. The Labute approximate surface area is 183 Å². The van der Waals surface area contributed by atoms with Crippen LogP contribution in [0.25, 0.3) is 0 Å². The number of carbonyl (C=O) groups excluding carboxylic acids is 2. The number of aliphatic hydroxyl groups is 1. The molecule has 5 unspecified atom stereocenters. The third kappa shape index (κ3) is 4.10. The Balaban J connectivity index is 0.000000590. The van der Waals surface area contributed by atoms with Gasteiger partial charge in [0, 0.05) is 25.6 Å². The molecule has 7 atom stereocenters. The summed E-state index contributed by atoms with van der Waals surface area (Å²) in [5.74, 6) is 2.39. The Hall–Kier alpha value is -1.26. The highest BCUT2D eigenvalue weighted by Crippen LogP contribution is 2.66. The van der Waals surface area contributed by atoms with E-state index in [9.17, 15) is 14.7 Å². The molecular formula is C26H42O4. The smallest absolute Gasteiger partial charge is 0.178 e. The molecule has 1 N–H and O–H groups in total. The molecular weight excluding hydrogens is 376 g/mol. The summed E-state index contributed by atoms with van der Waals surface area (Å²) in [5, 5.41) is 9.40. The molecule has 4 heteroatoms. The summed E-state index contributed by atoms with van der Waals surface area (Å²) >= 11 is 0. The molecule has 170 valence electrons. The Morgan fingerprint density at radius 1 is 1.17 bits per heavy atom. The van der Waals surface area contributed by atoms with Crippen molar-refractivity contribution in [2.75, 3.05) is 20.8 Å². The first-order valence-electron chi connectivity index (χ1n) is 11.7. The van der Waals surface area contributed by atoms with Gasteiger partial charge >= 0.3 is 0 Å². The van der Waals surface area contributed by atoms with Crippen LogP contribution in [-0.2, 0) is 14.3 Å². The molecule has 4 aliphatic carbocycles. The number of aliphatic hydroxyl groups excluding tert-OH is 1. The molecule has 0 heterocycles. The van der Waals surface area contributed by atoms with Crippen molar-refractivity contribution >= 4 is 11.6 Å². The van der Waals surface area contributed by atoms with Crippen molar-refractivity contribution in [3.05, 3.63) is 23.8 Å². The van der Waals surface area contributed by atoms with E-state index in [1.54, 1.807) is 20.3 Å². The SMILES string of the molecule is CC.COC.C[C@H]1CC2C3CCC(C(=O)CO)C3(C)CC[C@@H]2C2(C)C=CC(=O)C=C12. The van der Waals surface area contributed by atoms with Crippen LogP contribution in [-0.4, -0.2) is 37.5 Å². The third-order valence-corrected chi connectivity index (χ3v) is 8.42. The molecule has 0 aromatic heterocycles. The molecule has 0 saturated heterocycles. The number of hydrogen-bond donors (Lipinski definition) is 1. The lowest BCUT2D eigenvalue weighted by molar-refractivity contribution is -0.132. The molecule has 0 amide bonds. The molecule has 4 aliphatic rings. The predicted molar refractivity (Wildman–Crippen MR) is 121 cm³/mol. The number of carbonyl (C=O) groups is 2.